The summed E-state index contributed by atoms with van der Waals surface area (Å²) in [6.07, 6.45) is 2.51. The molecule has 5 rings (SSSR count). The number of hydrogen-bond donors (Lipinski definition) is 1. The molecule has 5 heteroatoms. The van der Waals surface area contributed by atoms with Crippen molar-refractivity contribution in [2.24, 2.45) is 0 Å². The Morgan fingerprint density at radius 2 is 2.00 bits per heavy atom. The van der Waals surface area contributed by atoms with Gasteiger partial charge >= 0.3 is 5.76 Å². The second-order valence-electron chi connectivity index (χ2n) is 7.08. The van der Waals surface area contributed by atoms with Crippen molar-refractivity contribution >= 4 is 17.0 Å². The van der Waals surface area contributed by atoms with Gasteiger partial charge in [0.15, 0.2) is 5.58 Å². The first-order chi connectivity index (χ1) is 12.1. The molecule has 25 heavy (non-hydrogen) atoms. The van der Waals surface area contributed by atoms with E-state index in [0.29, 0.717) is 23.6 Å². The molecule has 3 aromatic rings. The van der Waals surface area contributed by atoms with Gasteiger partial charge in [0.2, 0.25) is 0 Å². The molecule has 1 aliphatic heterocycles. The number of carbonyl (C=O) groups is 1. The Labute approximate surface area is 144 Å². The lowest BCUT2D eigenvalue weighted by molar-refractivity contribution is 0.0723. The minimum atomic E-state index is -0.460. The fourth-order valence-corrected chi connectivity index (χ4v) is 3.78. The molecule has 5 nitrogen and oxygen atoms in total. The molecule has 0 unspecified atom stereocenters. The number of amides is 1. The zero-order valence-corrected chi connectivity index (χ0v) is 13.9. The van der Waals surface area contributed by atoms with Crippen LogP contribution in [-0.4, -0.2) is 15.8 Å². The summed E-state index contributed by atoms with van der Waals surface area (Å²) in [7, 11) is 0. The molecule has 1 N–H and O–H groups in total. The van der Waals surface area contributed by atoms with E-state index in [2.05, 4.69) is 24.0 Å². The van der Waals surface area contributed by atoms with E-state index in [0.717, 1.165) is 16.7 Å². The van der Waals surface area contributed by atoms with E-state index < -0.39 is 5.76 Å². The molecule has 0 radical (unpaired) electrons. The molecule has 0 saturated heterocycles. The number of hydrogen-bond acceptors (Lipinski definition) is 3. The number of benzene rings is 2. The Morgan fingerprint density at radius 1 is 1.16 bits per heavy atom. The molecule has 2 aliphatic rings. The van der Waals surface area contributed by atoms with E-state index in [4.69, 9.17) is 4.42 Å². The van der Waals surface area contributed by atoms with Gasteiger partial charge in [0.1, 0.15) is 0 Å². The third-order valence-electron chi connectivity index (χ3n) is 5.37. The Balaban J connectivity index is 1.46. The molecule has 1 aliphatic carbocycles. The van der Waals surface area contributed by atoms with Crippen molar-refractivity contribution in [3.63, 3.8) is 0 Å². The number of H-pyrrole nitrogens is 1. The van der Waals surface area contributed by atoms with Crippen LogP contribution in [0.4, 0.5) is 0 Å². The molecule has 1 amide bonds. The highest BCUT2D eigenvalue weighted by Crippen LogP contribution is 2.43. The van der Waals surface area contributed by atoms with Crippen LogP contribution in [-0.2, 0) is 6.54 Å². The lowest BCUT2D eigenvalue weighted by Crippen LogP contribution is -2.26. The van der Waals surface area contributed by atoms with Gasteiger partial charge in [-0.2, -0.15) is 0 Å². The number of carbonyl (C=O) groups excluding carboxylic acids is 1. The molecule has 126 valence electrons. The van der Waals surface area contributed by atoms with Crippen LogP contribution >= 0.6 is 0 Å². The predicted molar refractivity (Wildman–Crippen MR) is 93.5 cm³/mol. The molecular formula is C20H18N2O3. The number of aromatic nitrogens is 1. The van der Waals surface area contributed by atoms with E-state index in [1.165, 1.54) is 18.4 Å². The quantitative estimate of drug-likeness (QED) is 0.794. The highest BCUT2D eigenvalue weighted by molar-refractivity contribution is 5.99. The Bertz CT molecular complexity index is 1060. The Hall–Kier alpha value is -2.82. The van der Waals surface area contributed by atoms with Crippen molar-refractivity contribution in [2.45, 2.75) is 38.3 Å². The van der Waals surface area contributed by atoms with Gasteiger partial charge in [-0.05, 0) is 60.6 Å². The van der Waals surface area contributed by atoms with Gasteiger partial charge in [-0.25, -0.2) is 4.79 Å². The maximum absolute atomic E-state index is 12.8. The van der Waals surface area contributed by atoms with Crippen molar-refractivity contribution in [2.75, 3.05) is 0 Å². The number of nitrogens with one attached hydrogen (secondary N) is 1. The zero-order chi connectivity index (χ0) is 17.1. The SMILES string of the molecule is C[C@@H]1c2cc(C3CC3)ccc2C(=O)N1Cc1ccc2[nH]c(=O)oc2c1. The number of rotatable bonds is 3. The van der Waals surface area contributed by atoms with Crippen LogP contribution in [0.2, 0.25) is 0 Å². The van der Waals surface area contributed by atoms with Gasteiger partial charge in [0.05, 0.1) is 11.6 Å². The molecule has 1 aromatic heterocycles. The highest BCUT2D eigenvalue weighted by atomic mass is 16.4. The maximum atomic E-state index is 12.8. The summed E-state index contributed by atoms with van der Waals surface area (Å²) in [6.45, 7) is 2.58. The third-order valence-corrected chi connectivity index (χ3v) is 5.37. The van der Waals surface area contributed by atoms with Crippen molar-refractivity contribution < 1.29 is 9.21 Å². The largest absolute Gasteiger partial charge is 0.417 e. The van der Waals surface area contributed by atoms with E-state index in [1.807, 2.05) is 29.2 Å². The zero-order valence-electron chi connectivity index (χ0n) is 13.9. The minimum Gasteiger partial charge on any atom is -0.408 e. The molecule has 2 aromatic carbocycles. The summed E-state index contributed by atoms with van der Waals surface area (Å²) >= 11 is 0. The number of nitrogens with zero attached hydrogens (tertiary/aromatic N) is 1. The standard InChI is InChI=1S/C20H18N2O3/c1-11-16-9-14(13-3-4-13)5-6-15(16)19(23)22(11)10-12-2-7-17-18(8-12)25-20(24)21-17/h2,5-9,11,13H,3-4,10H2,1H3,(H,21,24)/t11-/m1/s1. The molecule has 0 bridgehead atoms. The third kappa shape index (κ3) is 2.30. The van der Waals surface area contributed by atoms with Gasteiger partial charge in [-0.1, -0.05) is 18.2 Å². The van der Waals surface area contributed by atoms with Crippen LogP contribution in [0.15, 0.2) is 45.6 Å². The van der Waals surface area contributed by atoms with Crippen LogP contribution in [0.1, 0.15) is 58.8 Å². The van der Waals surface area contributed by atoms with Crippen molar-refractivity contribution in [3.05, 3.63) is 69.2 Å². The summed E-state index contributed by atoms with van der Waals surface area (Å²) < 4.78 is 5.12. The second kappa shape index (κ2) is 5.09. The van der Waals surface area contributed by atoms with Gasteiger partial charge in [0, 0.05) is 12.1 Å². The molecule has 0 spiro atoms. The van der Waals surface area contributed by atoms with Crippen molar-refractivity contribution in [1.29, 1.82) is 0 Å². The molecule has 2 heterocycles. The van der Waals surface area contributed by atoms with E-state index in [1.54, 1.807) is 0 Å². The summed E-state index contributed by atoms with van der Waals surface area (Å²) in [4.78, 5) is 28.6. The molecular weight excluding hydrogens is 316 g/mol. The summed E-state index contributed by atoms with van der Waals surface area (Å²) in [5, 5.41) is 0. The molecule has 1 saturated carbocycles. The van der Waals surface area contributed by atoms with Crippen molar-refractivity contribution in [3.8, 4) is 0 Å². The minimum absolute atomic E-state index is 0.0510. The summed E-state index contributed by atoms with van der Waals surface area (Å²) in [6, 6.07) is 11.9. The second-order valence-corrected chi connectivity index (χ2v) is 7.08. The first kappa shape index (κ1) is 14.5. The fraction of sp³-hybridized carbons (Fsp3) is 0.300. The Morgan fingerprint density at radius 3 is 2.80 bits per heavy atom. The van der Waals surface area contributed by atoms with E-state index >= 15 is 0 Å². The van der Waals surface area contributed by atoms with E-state index in [-0.39, 0.29) is 11.9 Å². The van der Waals surface area contributed by atoms with E-state index in [9.17, 15) is 9.59 Å². The number of fused-ring (bicyclic) bond motifs is 2. The first-order valence-corrected chi connectivity index (χ1v) is 8.67. The fourth-order valence-electron chi connectivity index (χ4n) is 3.78. The summed E-state index contributed by atoms with van der Waals surface area (Å²) in [5.41, 5.74) is 5.44. The Kier molecular flexibility index (Phi) is 2.95. The van der Waals surface area contributed by atoms with Gasteiger partial charge in [-0.15, -0.1) is 0 Å². The topological polar surface area (TPSA) is 66.3 Å². The monoisotopic (exact) mass is 334 g/mol. The first-order valence-electron chi connectivity index (χ1n) is 8.67. The highest BCUT2D eigenvalue weighted by Gasteiger charge is 2.35. The normalized spacial score (nSPS) is 19.6. The average Bonchev–Trinajstić information content (AvgIpc) is 3.35. The number of oxazole rings is 1. The van der Waals surface area contributed by atoms with Crippen LogP contribution in [0, 0.1) is 0 Å². The van der Waals surface area contributed by atoms with Gasteiger partial charge < -0.3 is 9.32 Å². The maximum Gasteiger partial charge on any atom is 0.417 e. The van der Waals surface area contributed by atoms with Gasteiger partial charge in [0.25, 0.3) is 5.91 Å². The van der Waals surface area contributed by atoms with Crippen molar-refractivity contribution in [1.82, 2.24) is 9.88 Å². The summed E-state index contributed by atoms with van der Waals surface area (Å²) in [5.74, 6) is 0.291. The smallest absolute Gasteiger partial charge is 0.408 e. The molecule has 1 fully saturated rings. The predicted octanol–water partition coefficient (Wildman–Crippen LogP) is 3.72. The van der Waals surface area contributed by atoms with Crippen LogP contribution in [0.3, 0.4) is 0 Å². The number of aromatic amines is 1. The van der Waals surface area contributed by atoms with Crippen LogP contribution in [0.25, 0.3) is 11.1 Å². The van der Waals surface area contributed by atoms with Crippen LogP contribution in [0.5, 0.6) is 0 Å². The van der Waals surface area contributed by atoms with Gasteiger partial charge in [-0.3, -0.25) is 9.78 Å². The van der Waals surface area contributed by atoms with Crippen LogP contribution < -0.4 is 5.76 Å². The molecule has 1 atom stereocenters. The lowest BCUT2D eigenvalue weighted by Gasteiger charge is -2.22. The lowest BCUT2D eigenvalue weighted by atomic mass is 10.00. The average molecular weight is 334 g/mol.